The van der Waals surface area contributed by atoms with Crippen molar-refractivity contribution in [1.29, 1.82) is 0 Å². The zero-order valence-electron chi connectivity index (χ0n) is 16.2. The predicted octanol–water partition coefficient (Wildman–Crippen LogP) is 4.07. The number of nitrogens with zero attached hydrogens (tertiary/aromatic N) is 1. The van der Waals surface area contributed by atoms with E-state index in [1.807, 2.05) is 50.2 Å². The molecule has 5 heteroatoms. The van der Waals surface area contributed by atoms with Crippen LogP contribution in [0.4, 0.5) is 0 Å². The van der Waals surface area contributed by atoms with Crippen LogP contribution in [0.2, 0.25) is 0 Å². The van der Waals surface area contributed by atoms with Crippen LogP contribution in [0.3, 0.4) is 0 Å². The van der Waals surface area contributed by atoms with Crippen molar-refractivity contribution in [2.45, 2.75) is 39.8 Å². The summed E-state index contributed by atoms with van der Waals surface area (Å²) in [5.74, 6) is 0.207. The Kier molecular flexibility index (Phi) is 7.86. The minimum Gasteiger partial charge on any atom is -0.491 e. The standard InChI is InChI=1S/C22H27NO4/c1-4-26-21(24)13-14-23(16-18-9-6-5-7-10-18)22(25)19-11-8-12-20(15-19)27-17(2)3/h5-12,15,17H,4,13-14,16H2,1-3H3. The van der Waals surface area contributed by atoms with E-state index >= 15 is 0 Å². The van der Waals surface area contributed by atoms with Crippen LogP contribution in [0.5, 0.6) is 5.75 Å². The van der Waals surface area contributed by atoms with E-state index in [0.717, 1.165) is 5.56 Å². The number of benzene rings is 2. The van der Waals surface area contributed by atoms with Gasteiger partial charge in [-0.15, -0.1) is 0 Å². The number of hydrogen-bond donors (Lipinski definition) is 0. The summed E-state index contributed by atoms with van der Waals surface area (Å²) in [6.07, 6.45) is 0.189. The van der Waals surface area contributed by atoms with Crippen molar-refractivity contribution < 1.29 is 19.1 Å². The van der Waals surface area contributed by atoms with Gasteiger partial charge in [0.15, 0.2) is 0 Å². The number of carbonyl (C=O) groups excluding carboxylic acids is 2. The molecule has 0 saturated heterocycles. The normalized spacial score (nSPS) is 10.5. The van der Waals surface area contributed by atoms with Crippen LogP contribution in [0, 0.1) is 0 Å². The third kappa shape index (κ3) is 6.77. The quantitative estimate of drug-likeness (QED) is 0.625. The summed E-state index contributed by atoms with van der Waals surface area (Å²) in [4.78, 5) is 26.5. The van der Waals surface area contributed by atoms with Crippen molar-refractivity contribution in [1.82, 2.24) is 4.90 Å². The molecule has 0 saturated carbocycles. The molecule has 0 atom stereocenters. The number of carbonyl (C=O) groups is 2. The van der Waals surface area contributed by atoms with Gasteiger partial charge in [0.1, 0.15) is 5.75 Å². The highest BCUT2D eigenvalue weighted by molar-refractivity contribution is 5.94. The van der Waals surface area contributed by atoms with Crippen molar-refractivity contribution in [3.63, 3.8) is 0 Å². The maximum atomic E-state index is 13.1. The monoisotopic (exact) mass is 369 g/mol. The predicted molar refractivity (Wildman–Crippen MR) is 105 cm³/mol. The molecule has 0 bridgehead atoms. The summed E-state index contributed by atoms with van der Waals surface area (Å²) in [7, 11) is 0. The zero-order valence-corrected chi connectivity index (χ0v) is 16.2. The molecule has 0 N–H and O–H groups in total. The molecule has 0 radical (unpaired) electrons. The number of rotatable bonds is 9. The summed E-state index contributed by atoms with van der Waals surface area (Å²) in [5, 5.41) is 0. The number of ether oxygens (including phenoxy) is 2. The van der Waals surface area contributed by atoms with Gasteiger partial charge in [-0.3, -0.25) is 9.59 Å². The Morgan fingerprint density at radius 2 is 1.78 bits per heavy atom. The summed E-state index contributed by atoms with van der Waals surface area (Å²) in [5.41, 5.74) is 1.54. The first kappa shape index (κ1) is 20.5. The lowest BCUT2D eigenvalue weighted by molar-refractivity contribution is -0.143. The van der Waals surface area contributed by atoms with Crippen molar-refractivity contribution in [2.75, 3.05) is 13.2 Å². The first-order chi connectivity index (χ1) is 13.0. The first-order valence-electron chi connectivity index (χ1n) is 9.25. The van der Waals surface area contributed by atoms with Gasteiger partial charge in [-0.25, -0.2) is 0 Å². The van der Waals surface area contributed by atoms with Crippen LogP contribution in [0.1, 0.15) is 43.1 Å². The molecular weight excluding hydrogens is 342 g/mol. The lowest BCUT2D eigenvalue weighted by atomic mass is 10.1. The summed E-state index contributed by atoms with van der Waals surface area (Å²) in [6, 6.07) is 16.9. The third-order valence-electron chi connectivity index (χ3n) is 3.85. The number of esters is 1. The van der Waals surface area contributed by atoms with Crippen molar-refractivity contribution in [3.8, 4) is 5.75 Å². The maximum Gasteiger partial charge on any atom is 0.307 e. The van der Waals surface area contributed by atoms with Gasteiger partial charge in [0, 0.05) is 18.7 Å². The molecule has 2 rings (SSSR count). The second-order valence-corrected chi connectivity index (χ2v) is 6.46. The Bertz CT molecular complexity index is 743. The molecule has 0 unspecified atom stereocenters. The molecule has 0 spiro atoms. The molecule has 5 nitrogen and oxygen atoms in total. The summed E-state index contributed by atoms with van der Waals surface area (Å²) in [6.45, 7) is 6.70. The first-order valence-corrected chi connectivity index (χ1v) is 9.25. The molecule has 0 aromatic heterocycles. The van der Waals surface area contributed by atoms with Crippen molar-refractivity contribution in [2.24, 2.45) is 0 Å². The Labute approximate surface area is 160 Å². The van der Waals surface area contributed by atoms with Crippen molar-refractivity contribution in [3.05, 3.63) is 65.7 Å². The Morgan fingerprint density at radius 3 is 2.44 bits per heavy atom. The smallest absolute Gasteiger partial charge is 0.307 e. The molecular formula is C22H27NO4. The molecule has 2 aromatic carbocycles. The molecule has 27 heavy (non-hydrogen) atoms. The van der Waals surface area contributed by atoms with Crippen LogP contribution < -0.4 is 4.74 Å². The topological polar surface area (TPSA) is 55.8 Å². The van der Waals surface area contributed by atoms with Gasteiger partial charge in [0.25, 0.3) is 5.91 Å². The van der Waals surface area contributed by atoms with E-state index in [2.05, 4.69) is 0 Å². The van der Waals surface area contributed by atoms with E-state index in [4.69, 9.17) is 9.47 Å². The Hall–Kier alpha value is -2.82. The lowest BCUT2D eigenvalue weighted by Crippen LogP contribution is -2.33. The molecule has 0 heterocycles. The Morgan fingerprint density at radius 1 is 1.04 bits per heavy atom. The minimum absolute atomic E-state index is 0.0274. The van der Waals surface area contributed by atoms with Crippen LogP contribution in [-0.2, 0) is 16.1 Å². The minimum atomic E-state index is -0.305. The molecule has 0 aliphatic carbocycles. The molecule has 144 valence electrons. The van der Waals surface area contributed by atoms with Gasteiger partial charge < -0.3 is 14.4 Å². The second kappa shape index (κ2) is 10.4. The number of hydrogen-bond acceptors (Lipinski definition) is 4. The summed E-state index contributed by atoms with van der Waals surface area (Å²) >= 11 is 0. The SMILES string of the molecule is CCOC(=O)CCN(Cc1ccccc1)C(=O)c1cccc(OC(C)C)c1. The van der Waals surface area contributed by atoms with E-state index in [-0.39, 0.29) is 24.4 Å². The molecule has 0 aliphatic rings. The second-order valence-electron chi connectivity index (χ2n) is 6.46. The largest absolute Gasteiger partial charge is 0.491 e. The van der Waals surface area contributed by atoms with Crippen LogP contribution in [0.25, 0.3) is 0 Å². The summed E-state index contributed by atoms with van der Waals surface area (Å²) < 4.78 is 10.7. The van der Waals surface area contributed by atoms with Crippen LogP contribution >= 0.6 is 0 Å². The van der Waals surface area contributed by atoms with Crippen LogP contribution in [-0.4, -0.2) is 36.0 Å². The third-order valence-corrected chi connectivity index (χ3v) is 3.85. The van der Waals surface area contributed by atoms with Gasteiger partial charge in [-0.1, -0.05) is 36.4 Å². The highest BCUT2D eigenvalue weighted by Gasteiger charge is 2.18. The van der Waals surface area contributed by atoms with E-state index in [0.29, 0.717) is 31.0 Å². The van der Waals surface area contributed by atoms with E-state index in [9.17, 15) is 9.59 Å². The zero-order chi connectivity index (χ0) is 19.6. The molecule has 2 aromatic rings. The average Bonchev–Trinajstić information content (AvgIpc) is 2.65. The molecule has 0 aliphatic heterocycles. The van der Waals surface area contributed by atoms with E-state index in [1.165, 1.54) is 0 Å². The van der Waals surface area contributed by atoms with Gasteiger partial charge in [-0.2, -0.15) is 0 Å². The number of amides is 1. The Balaban J connectivity index is 2.17. The highest BCUT2D eigenvalue weighted by atomic mass is 16.5. The van der Waals surface area contributed by atoms with Gasteiger partial charge >= 0.3 is 5.97 Å². The average molecular weight is 369 g/mol. The molecule has 0 fully saturated rings. The van der Waals surface area contributed by atoms with Gasteiger partial charge in [-0.05, 0) is 44.5 Å². The fourth-order valence-electron chi connectivity index (χ4n) is 2.67. The van der Waals surface area contributed by atoms with Gasteiger partial charge in [0.05, 0.1) is 19.1 Å². The lowest BCUT2D eigenvalue weighted by Gasteiger charge is -2.23. The molecule has 1 amide bonds. The fourth-order valence-corrected chi connectivity index (χ4v) is 2.67. The maximum absolute atomic E-state index is 13.1. The van der Waals surface area contributed by atoms with Crippen LogP contribution in [0.15, 0.2) is 54.6 Å². The van der Waals surface area contributed by atoms with Crippen molar-refractivity contribution >= 4 is 11.9 Å². The highest BCUT2D eigenvalue weighted by Crippen LogP contribution is 2.18. The fraction of sp³-hybridized carbons (Fsp3) is 0.364. The van der Waals surface area contributed by atoms with E-state index in [1.54, 1.807) is 30.0 Å². The van der Waals surface area contributed by atoms with E-state index < -0.39 is 0 Å². The van der Waals surface area contributed by atoms with Gasteiger partial charge in [0.2, 0.25) is 0 Å².